The van der Waals surface area contributed by atoms with Crippen LogP contribution in [0.15, 0.2) is 29.6 Å². The summed E-state index contributed by atoms with van der Waals surface area (Å²) < 4.78 is 13.1. The van der Waals surface area contributed by atoms with E-state index in [1.165, 1.54) is 0 Å². The molecule has 1 aromatic carbocycles. The number of nitrogens with zero attached hydrogens (tertiary/aromatic N) is 3. The van der Waals surface area contributed by atoms with Crippen LogP contribution in [0, 0.1) is 0 Å². The van der Waals surface area contributed by atoms with Gasteiger partial charge in [0.25, 0.3) is 5.91 Å². The van der Waals surface area contributed by atoms with E-state index in [1.807, 2.05) is 38.5 Å². The molecule has 5 rings (SSSR count). The number of thiophene rings is 1. The van der Waals surface area contributed by atoms with E-state index in [0.717, 1.165) is 40.1 Å². The first-order chi connectivity index (χ1) is 17.1. The molecule has 10 heteroatoms. The number of hydrogen-bond donors (Lipinski definition) is 2. The van der Waals surface area contributed by atoms with E-state index in [-0.39, 0.29) is 11.9 Å². The van der Waals surface area contributed by atoms with Crippen molar-refractivity contribution in [1.29, 1.82) is 0 Å². The molecule has 2 amide bonds. The van der Waals surface area contributed by atoms with Crippen molar-refractivity contribution in [2.45, 2.75) is 45.3 Å². The number of aromatic amines is 1. The number of ether oxygens (including phenoxy) is 2. The van der Waals surface area contributed by atoms with Crippen LogP contribution >= 0.6 is 11.3 Å². The number of piperidine rings is 1. The van der Waals surface area contributed by atoms with E-state index in [4.69, 9.17) is 14.5 Å². The highest BCUT2D eigenvalue weighted by Gasteiger charge is 2.28. The number of alkyl carbamates (subject to hydrolysis) is 1. The third-order valence-electron chi connectivity index (χ3n) is 6.32. The molecule has 4 aromatic rings. The number of hydrogen-bond acceptors (Lipinski definition) is 6. The van der Waals surface area contributed by atoms with Crippen LogP contribution in [0.2, 0.25) is 0 Å². The molecule has 1 atom stereocenters. The Balaban J connectivity index is 1.40. The quantitative estimate of drug-likeness (QED) is 0.407. The second-order valence-corrected chi connectivity index (χ2v) is 11.1. The predicted octanol–water partition coefficient (Wildman–Crippen LogP) is 4.92. The number of nitrogens with one attached hydrogen (secondary N) is 2. The van der Waals surface area contributed by atoms with Crippen LogP contribution in [-0.4, -0.2) is 63.3 Å². The minimum atomic E-state index is -0.572. The maximum absolute atomic E-state index is 13.5. The van der Waals surface area contributed by atoms with Gasteiger partial charge in [-0.15, -0.1) is 11.3 Å². The Morgan fingerprint density at radius 2 is 2.06 bits per heavy atom. The first-order valence-corrected chi connectivity index (χ1v) is 12.9. The normalized spacial score (nSPS) is 16.5. The minimum Gasteiger partial charge on any atom is -0.494 e. The fourth-order valence-electron chi connectivity index (χ4n) is 4.74. The van der Waals surface area contributed by atoms with E-state index in [0.29, 0.717) is 29.9 Å². The van der Waals surface area contributed by atoms with Crippen molar-refractivity contribution in [2.75, 3.05) is 20.2 Å². The standard InChI is InChI=1S/C26H31N5O4S/c1-26(2,3)35-25(33)27-17-7-6-9-31(14-17)24(32)16-12-18-21(20(13-16)34-5)30(4)22(28-18)19-11-15-8-10-36-23(15)29-19/h8,10-13,17,29H,6-7,9,14H2,1-5H3,(H,27,33)/t17-/m1/s1. The van der Waals surface area contributed by atoms with Gasteiger partial charge in [-0.3, -0.25) is 4.79 Å². The molecule has 9 nitrogen and oxygen atoms in total. The van der Waals surface area contributed by atoms with E-state index in [2.05, 4.69) is 27.8 Å². The summed E-state index contributed by atoms with van der Waals surface area (Å²) in [5.74, 6) is 1.25. The summed E-state index contributed by atoms with van der Waals surface area (Å²) in [6.07, 6.45) is 1.13. The summed E-state index contributed by atoms with van der Waals surface area (Å²) in [7, 11) is 3.54. The number of carbonyl (C=O) groups is 2. The summed E-state index contributed by atoms with van der Waals surface area (Å²) in [6.45, 7) is 6.53. The van der Waals surface area contributed by atoms with Crippen LogP contribution < -0.4 is 10.1 Å². The average Bonchev–Trinajstić information content (AvgIpc) is 3.50. The lowest BCUT2D eigenvalue weighted by Crippen LogP contribution is -2.50. The van der Waals surface area contributed by atoms with Gasteiger partial charge >= 0.3 is 6.09 Å². The molecule has 3 aromatic heterocycles. The molecule has 1 saturated heterocycles. The maximum Gasteiger partial charge on any atom is 0.407 e. The molecule has 1 fully saturated rings. The number of carbonyl (C=O) groups excluding carboxylic acids is 2. The number of methoxy groups -OCH3 is 1. The molecular formula is C26H31N5O4S. The van der Waals surface area contributed by atoms with Gasteiger partial charge in [0.05, 0.1) is 18.3 Å². The van der Waals surface area contributed by atoms with Crippen molar-refractivity contribution in [3.05, 3.63) is 35.2 Å². The summed E-state index contributed by atoms with van der Waals surface area (Å²) >= 11 is 1.65. The highest BCUT2D eigenvalue weighted by atomic mass is 32.1. The summed E-state index contributed by atoms with van der Waals surface area (Å²) in [4.78, 5) is 36.9. The Bertz CT molecular complexity index is 1420. The van der Waals surface area contributed by atoms with Crippen molar-refractivity contribution in [3.63, 3.8) is 0 Å². The molecule has 36 heavy (non-hydrogen) atoms. The Morgan fingerprint density at radius 3 is 2.78 bits per heavy atom. The van der Waals surface area contributed by atoms with Crippen LogP contribution in [0.25, 0.3) is 32.8 Å². The third kappa shape index (κ3) is 4.65. The lowest BCUT2D eigenvalue weighted by Gasteiger charge is -2.33. The lowest BCUT2D eigenvalue weighted by atomic mass is 10.0. The highest BCUT2D eigenvalue weighted by molar-refractivity contribution is 7.16. The van der Waals surface area contributed by atoms with Crippen molar-refractivity contribution in [3.8, 4) is 17.3 Å². The molecule has 0 spiro atoms. The van der Waals surface area contributed by atoms with Gasteiger partial charge in [0.2, 0.25) is 0 Å². The summed E-state index contributed by atoms with van der Waals surface area (Å²) in [6, 6.07) is 7.58. The first-order valence-electron chi connectivity index (χ1n) is 12.0. The molecule has 190 valence electrons. The number of imidazole rings is 1. The molecule has 0 unspecified atom stereocenters. The fraction of sp³-hybridized carbons (Fsp3) is 0.423. The zero-order valence-corrected chi connectivity index (χ0v) is 22.0. The number of amides is 2. The van der Waals surface area contributed by atoms with E-state index < -0.39 is 11.7 Å². The van der Waals surface area contributed by atoms with Gasteiger partial charge in [-0.1, -0.05) is 0 Å². The minimum absolute atomic E-state index is 0.113. The molecular weight excluding hydrogens is 478 g/mol. The zero-order chi connectivity index (χ0) is 25.6. The molecule has 1 aliphatic rings. The van der Waals surface area contributed by atoms with Crippen LogP contribution in [0.4, 0.5) is 4.79 Å². The van der Waals surface area contributed by atoms with Gasteiger partial charge in [0.1, 0.15) is 21.7 Å². The van der Waals surface area contributed by atoms with Crippen LogP contribution in [-0.2, 0) is 11.8 Å². The van der Waals surface area contributed by atoms with Gasteiger partial charge in [-0.2, -0.15) is 0 Å². The first kappa shape index (κ1) is 24.2. The number of rotatable bonds is 4. The van der Waals surface area contributed by atoms with Crippen molar-refractivity contribution in [1.82, 2.24) is 24.8 Å². The third-order valence-corrected chi connectivity index (χ3v) is 7.16. The maximum atomic E-state index is 13.5. The predicted molar refractivity (Wildman–Crippen MR) is 141 cm³/mol. The van der Waals surface area contributed by atoms with E-state index in [1.54, 1.807) is 29.4 Å². The van der Waals surface area contributed by atoms with Gasteiger partial charge in [0.15, 0.2) is 5.82 Å². The molecule has 0 bridgehead atoms. The summed E-state index contributed by atoms with van der Waals surface area (Å²) in [5, 5.41) is 6.10. The van der Waals surface area contributed by atoms with Gasteiger partial charge < -0.3 is 29.2 Å². The SMILES string of the molecule is COc1cc(C(=O)N2CCC[C@@H](NC(=O)OC(C)(C)C)C2)cc2nc(-c3cc4ccsc4[nH]3)n(C)c12. The van der Waals surface area contributed by atoms with Gasteiger partial charge in [-0.05, 0) is 63.3 Å². The number of aryl methyl sites for hydroxylation is 1. The molecule has 1 aliphatic heterocycles. The second kappa shape index (κ2) is 9.16. The Labute approximate surface area is 213 Å². The van der Waals surface area contributed by atoms with E-state index >= 15 is 0 Å². The monoisotopic (exact) mass is 509 g/mol. The molecule has 0 saturated carbocycles. The smallest absolute Gasteiger partial charge is 0.407 e. The largest absolute Gasteiger partial charge is 0.494 e. The Hall–Kier alpha value is -3.53. The lowest BCUT2D eigenvalue weighted by molar-refractivity contribution is 0.0452. The molecule has 4 heterocycles. The Morgan fingerprint density at radius 1 is 1.25 bits per heavy atom. The average molecular weight is 510 g/mol. The molecule has 0 aliphatic carbocycles. The Kier molecular flexibility index (Phi) is 6.15. The van der Waals surface area contributed by atoms with Crippen LogP contribution in [0.1, 0.15) is 44.0 Å². The number of fused-ring (bicyclic) bond motifs is 2. The number of aromatic nitrogens is 3. The van der Waals surface area contributed by atoms with Crippen molar-refractivity contribution >= 4 is 44.6 Å². The fourth-order valence-corrected chi connectivity index (χ4v) is 5.52. The molecule has 2 N–H and O–H groups in total. The van der Waals surface area contributed by atoms with Gasteiger partial charge in [-0.25, -0.2) is 9.78 Å². The van der Waals surface area contributed by atoms with Crippen LogP contribution in [0.5, 0.6) is 5.75 Å². The van der Waals surface area contributed by atoms with Crippen molar-refractivity contribution < 1.29 is 19.1 Å². The topological polar surface area (TPSA) is 101 Å². The number of H-pyrrole nitrogens is 1. The number of benzene rings is 1. The number of likely N-dealkylation sites (tertiary alicyclic amines) is 1. The molecule has 0 radical (unpaired) electrons. The summed E-state index contributed by atoms with van der Waals surface area (Å²) in [5.41, 5.74) is 2.36. The van der Waals surface area contributed by atoms with Crippen LogP contribution in [0.3, 0.4) is 0 Å². The van der Waals surface area contributed by atoms with Crippen molar-refractivity contribution in [2.24, 2.45) is 7.05 Å². The second-order valence-electron chi connectivity index (χ2n) is 10.2. The zero-order valence-electron chi connectivity index (χ0n) is 21.2. The van der Waals surface area contributed by atoms with E-state index in [9.17, 15) is 9.59 Å². The van der Waals surface area contributed by atoms with Gasteiger partial charge in [0, 0.05) is 37.1 Å². The highest BCUT2D eigenvalue weighted by Crippen LogP contribution is 2.34.